The Bertz CT molecular complexity index is 1780. The summed E-state index contributed by atoms with van der Waals surface area (Å²) in [5, 5.41) is 24.0. The number of phenolic OH excluding ortho intramolecular Hbond substituents is 1. The maximum absolute atomic E-state index is 13.8. The Balaban J connectivity index is 1.25. The van der Waals surface area contributed by atoms with Crippen molar-refractivity contribution in [1.29, 1.82) is 0 Å². The lowest BCUT2D eigenvalue weighted by molar-refractivity contribution is -0.308. The highest BCUT2D eigenvalue weighted by molar-refractivity contribution is 6.01. The molecule has 5 fully saturated rings. The molecule has 7 atom stereocenters. The minimum absolute atomic E-state index is 0.00136. The van der Waals surface area contributed by atoms with Crippen molar-refractivity contribution < 1.29 is 38.8 Å². The Labute approximate surface area is 321 Å². The van der Waals surface area contributed by atoms with Gasteiger partial charge < -0.3 is 29.7 Å². The molecule has 1 amide bonds. The molecular weight excluding hydrogens is 682 g/mol. The van der Waals surface area contributed by atoms with Gasteiger partial charge in [-0.25, -0.2) is 4.79 Å². The summed E-state index contributed by atoms with van der Waals surface area (Å²) >= 11 is 0. The van der Waals surface area contributed by atoms with Crippen LogP contribution in [0.5, 0.6) is 5.75 Å². The van der Waals surface area contributed by atoms with Gasteiger partial charge in [-0.1, -0.05) is 59.3 Å². The summed E-state index contributed by atoms with van der Waals surface area (Å²) in [7, 11) is 0. The van der Waals surface area contributed by atoms with Gasteiger partial charge >= 0.3 is 11.9 Å². The van der Waals surface area contributed by atoms with Gasteiger partial charge in [0.2, 0.25) is 5.91 Å². The molecule has 3 N–H and O–H groups in total. The number of anilines is 1. The summed E-state index contributed by atoms with van der Waals surface area (Å²) in [6, 6.07) is 4.58. The fourth-order valence-corrected chi connectivity index (χ4v) is 13.2. The standard InChI is InChI=1S/C45H61NO8/c1-8-9-36(48)46-33-13-11-30(47)26-29(33)10-15-37(49)52-28-44-22-21-43(38(50)51)20-18-39(2,3)27-32(43)31(44)12-14-35-41(6)19-23-45(53-24-25-54-45)40(4,5)34(41)16-17-42(35,44)7/h8-13,15,26,32,34-35,47H,14,16-25,27-28H2,1-7H3,(H,46,48)(H,50,51)/b9-8+,15-10+/t32-,34?,35?,41-,42+,43-,44-/m0/s1. The van der Waals surface area contributed by atoms with Gasteiger partial charge in [-0.2, -0.15) is 0 Å². The summed E-state index contributed by atoms with van der Waals surface area (Å²) in [5.41, 5.74) is 0.329. The number of ether oxygens (including phenoxy) is 3. The first-order valence-electron chi connectivity index (χ1n) is 20.2. The van der Waals surface area contributed by atoms with Crippen LogP contribution in [-0.2, 0) is 28.6 Å². The average molecular weight is 744 g/mol. The lowest BCUT2D eigenvalue weighted by Crippen LogP contribution is -2.68. The lowest BCUT2D eigenvalue weighted by atomic mass is 9.33. The number of benzene rings is 1. The van der Waals surface area contributed by atoms with Gasteiger partial charge in [0.25, 0.3) is 0 Å². The minimum Gasteiger partial charge on any atom is -0.508 e. The van der Waals surface area contributed by atoms with E-state index in [0.29, 0.717) is 55.6 Å². The van der Waals surface area contributed by atoms with Gasteiger partial charge in [-0.15, -0.1) is 0 Å². The molecule has 4 saturated carbocycles. The number of rotatable bonds is 7. The maximum atomic E-state index is 13.8. The van der Waals surface area contributed by atoms with E-state index in [-0.39, 0.29) is 45.8 Å². The second-order valence-electron chi connectivity index (χ2n) is 19.3. The molecule has 6 aliphatic rings. The van der Waals surface area contributed by atoms with Gasteiger partial charge in [-0.05, 0) is 129 Å². The van der Waals surface area contributed by atoms with Crippen molar-refractivity contribution >= 4 is 29.6 Å². The molecule has 9 nitrogen and oxygen atoms in total. The second-order valence-corrected chi connectivity index (χ2v) is 19.3. The van der Waals surface area contributed by atoms with Crippen LogP contribution in [0.4, 0.5) is 5.69 Å². The SMILES string of the molecule is C/C=C/C(=O)Nc1ccc(O)cc1/C=C/C(=O)OC[C@@]12CC[C@@]3(C(=O)O)CCC(C)(C)C[C@H]3C1=CCC1[C@@]3(C)CCC4(OCCO4)C(C)(C)C3CC[C@]12C. The maximum Gasteiger partial charge on any atom is 0.330 e. The highest BCUT2D eigenvalue weighted by Gasteiger charge is 2.73. The average Bonchev–Trinajstić information content (AvgIpc) is 3.60. The van der Waals surface area contributed by atoms with Crippen LogP contribution in [0.2, 0.25) is 0 Å². The van der Waals surface area contributed by atoms with Crippen molar-refractivity contribution in [3.8, 4) is 5.75 Å². The number of amides is 1. The molecular formula is C45H61NO8. The van der Waals surface area contributed by atoms with E-state index < -0.39 is 28.6 Å². The van der Waals surface area contributed by atoms with Crippen LogP contribution in [0.1, 0.15) is 118 Å². The summed E-state index contributed by atoms with van der Waals surface area (Å²) in [6.45, 7) is 17.3. The molecule has 54 heavy (non-hydrogen) atoms. The molecule has 9 heteroatoms. The first-order valence-corrected chi connectivity index (χ1v) is 20.2. The Hall–Kier alpha value is -3.43. The van der Waals surface area contributed by atoms with E-state index in [1.54, 1.807) is 25.1 Å². The molecule has 1 saturated heterocycles. The number of carbonyl (C=O) groups is 3. The Kier molecular flexibility index (Phi) is 9.60. The highest BCUT2D eigenvalue weighted by Crippen LogP contribution is 2.77. The van der Waals surface area contributed by atoms with Crippen LogP contribution in [0.3, 0.4) is 0 Å². The topological polar surface area (TPSA) is 131 Å². The van der Waals surface area contributed by atoms with E-state index >= 15 is 0 Å². The van der Waals surface area contributed by atoms with Crippen LogP contribution < -0.4 is 5.32 Å². The number of aromatic hydroxyl groups is 1. The largest absolute Gasteiger partial charge is 0.508 e. The van der Waals surface area contributed by atoms with Crippen molar-refractivity contribution in [2.24, 2.45) is 50.2 Å². The molecule has 1 aromatic carbocycles. The van der Waals surface area contributed by atoms with Gasteiger partial charge in [0.15, 0.2) is 5.79 Å². The number of aliphatic carboxylic acids is 1. The number of esters is 1. The van der Waals surface area contributed by atoms with Crippen molar-refractivity contribution in [2.75, 3.05) is 25.1 Å². The molecule has 1 heterocycles. The third-order valence-electron chi connectivity index (χ3n) is 16.1. The summed E-state index contributed by atoms with van der Waals surface area (Å²) in [4.78, 5) is 39.5. The second kappa shape index (κ2) is 13.4. The van der Waals surface area contributed by atoms with E-state index in [1.807, 2.05) is 0 Å². The highest BCUT2D eigenvalue weighted by atomic mass is 16.7. The first-order chi connectivity index (χ1) is 25.4. The van der Waals surface area contributed by atoms with E-state index in [0.717, 1.165) is 44.9 Å². The number of allylic oxidation sites excluding steroid dienone is 2. The molecule has 1 aromatic rings. The summed E-state index contributed by atoms with van der Waals surface area (Å²) < 4.78 is 19.2. The van der Waals surface area contributed by atoms with Crippen LogP contribution in [0.15, 0.2) is 48.1 Å². The minimum atomic E-state index is -0.821. The molecule has 2 unspecified atom stereocenters. The van der Waals surface area contributed by atoms with Crippen LogP contribution >= 0.6 is 0 Å². The van der Waals surface area contributed by atoms with E-state index in [9.17, 15) is 24.6 Å². The fourth-order valence-electron chi connectivity index (χ4n) is 13.2. The quantitative estimate of drug-likeness (QED) is 0.109. The molecule has 0 radical (unpaired) electrons. The van der Waals surface area contributed by atoms with Crippen LogP contribution in [-0.4, -0.2) is 53.7 Å². The monoisotopic (exact) mass is 743 g/mol. The van der Waals surface area contributed by atoms with Crippen molar-refractivity contribution in [3.63, 3.8) is 0 Å². The zero-order valence-electron chi connectivity index (χ0n) is 33.4. The van der Waals surface area contributed by atoms with E-state index in [1.165, 1.54) is 29.9 Å². The van der Waals surface area contributed by atoms with Crippen molar-refractivity contribution in [3.05, 3.63) is 53.6 Å². The van der Waals surface area contributed by atoms with Gasteiger partial charge in [-0.3, -0.25) is 9.59 Å². The number of hydrogen-bond acceptors (Lipinski definition) is 7. The predicted molar refractivity (Wildman–Crippen MR) is 207 cm³/mol. The molecule has 294 valence electrons. The van der Waals surface area contributed by atoms with Gasteiger partial charge in [0.05, 0.1) is 18.6 Å². The number of phenols is 1. The normalized spacial score (nSPS) is 37.5. The summed E-state index contributed by atoms with van der Waals surface area (Å²) in [6.07, 6.45) is 16.6. The third kappa shape index (κ3) is 5.81. The Morgan fingerprint density at radius 2 is 1.65 bits per heavy atom. The van der Waals surface area contributed by atoms with E-state index in [2.05, 4.69) is 52.9 Å². The van der Waals surface area contributed by atoms with E-state index in [4.69, 9.17) is 14.2 Å². The van der Waals surface area contributed by atoms with Crippen molar-refractivity contribution in [1.82, 2.24) is 0 Å². The van der Waals surface area contributed by atoms with Crippen LogP contribution in [0, 0.1) is 50.2 Å². The van der Waals surface area contributed by atoms with Gasteiger partial charge in [0, 0.05) is 34.6 Å². The molecule has 1 aliphatic heterocycles. The molecule has 1 spiro atoms. The molecule has 0 bridgehead atoms. The number of carboxylic acids is 1. The molecule has 5 aliphatic carbocycles. The number of nitrogens with one attached hydrogen (secondary N) is 1. The zero-order chi connectivity index (χ0) is 39.0. The number of carboxylic acid groups (broad SMARTS) is 1. The fraction of sp³-hybridized carbons (Fsp3) is 0.667. The third-order valence-corrected chi connectivity index (χ3v) is 16.1. The van der Waals surface area contributed by atoms with Crippen molar-refractivity contribution in [2.45, 2.75) is 118 Å². The first kappa shape index (κ1) is 38.8. The molecule has 0 aromatic heterocycles. The number of carbonyl (C=O) groups excluding carboxylic acids is 2. The Morgan fingerprint density at radius 1 is 0.926 bits per heavy atom. The number of hydrogen-bond donors (Lipinski definition) is 3. The molecule has 7 rings (SSSR count). The lowest BCUT2D eigenvalue weighted by Gasteiger charge is -2.72. The zero-order valence-corrected chi connectivity index (χ0v) is 33.4. The van der Waals surface area contributed by atoms with Crippen LogP contribution in [0.25, 0.3) is 6.08 Å². The predicted octanol–water partition coefficient (Wildman–Crippen LogP) is 9.07. The number of fused-ring (bicyclic) bond motifs is 7. The Morgan fingerprint density at radius 3 is 2.35 bits per heavy atom. The van der Waals surface area contributed by atoms with Gasteiger partial charge in [0.1, 0.15) is 12.4 Å². The smallest absolute Gasteiger partial charge is 0.330 e. The summed E-state index contributed by atoms with van der Waals surface area (Å²) in [5.74, 6) is -1.55.